The lowest BCUT2D eigenvalue weighted by atomic mass is 10.2. The monoisotopic (exact) mass is 184 g/mol. The first kappa shape index (κ1) is 17.0. The molecule has 70 valence electrons. The number of nitrogens with two attached hydrogens (primary N) is 2. The van der Waals surface area contributed by atoms with Gasteiger partial charge in [0.2, 0.25) is 0 Å². The molecule has 4 nitrogen and oxygen atoms in total. The number of carbonyl (C=O) groups is 1. The molecule has 1 atom stereocenters. The van der Waals surface area contributed by atoms with Crippen molar-refractivity contribution in [2.24, 2.45) is 11.5 Å². The van der Waals surface area contributed by atoms with E-state index in [1.807, 2.05) is 0 Å². The van der Waals surface area contributed by atoms with E-state index < -0.39 is 12.0 Å². The average molecular weight is 185 g/mol. The number of rotatable bonds is 4. The lowest BCUT2D eigenvalue weighted by molar-refractivity contribution is -0.138. The smallest absolute Gasteiger partial charge is 0.320 e. The van der Waals surface area contributed by atoms with Gasteiger partial charge < -0.3 is 16.6 Å². The van der Waals surface area contributed by atoms with Crippen LogP contribution in [0.5, 0.6) is 0 Å². The molecule has 0 saturated carbocycles. The van der Waals surface area contributed by atoms with Gasteiger partial charge >= 0.3 is 5.97 Å². The Balaban J connectivity index is -0.000000320. The van der Waals surface area contributed by atoms with E-state index in [1.54, 1.807) is 0 Å². The van der Waals surface area contributed by atoms with Crippen molar-refractivity contribution in [2.45, 2.75) is 26.3 Å². The normalized spacial score (nSPS) is 10.7. The summed E-state index contributed by atoms with van der Waals surface area (Å²) in [5, 5.41) is 8.24. The van der Waals surface area contributed by atoms with Crippen LogP contribution in [0.15, 0.2) is 0 Å². The molecule has 0 amide bonds. The number of halogens is 1. The molecule has 5 heteroatoms. The van der Waals surface area contributed by atoms with E-state index >= 15 is 0 Å². The van der Waals surface area contributed by atoms with Gasteiger partial charge in [-0.2, -0.15) is 0 Å². The maximum absolute atomic E-state index is 10.0. The predicted octanol–water partition coefficient (Wildman–Crippen LogP) is 0.195. The topological polar surface area (TPSA) is 89.3 Å². The van der Waals surface area contributed by atoms with Gasteiger partial charge in [-0.15, -0.1) is 12.4 Å². The summed E-state index contributed by atoms with van der Waals surface area (Å²) >= 11 is 0. The van der Waals surface area contributed by atoms with E-state index in [4.69, 9.17) is 16.6 Å². The number of carboxylic acids is 1. The van der Waals surface area contributed by atoms with E-state index in [0.29, 0.717) is 19.4 Å². The number of hydrogen-bond acceptors (Lipinski definition) is 3. The number of aliphatic carboxylic acids is 1. The first-order chi connectivity index (χ1) is 4.18. The molecule has 0 aromatic heterocycles. The van der Waals surface area contributed by atoms with Gasteiger partial charge in [-0.1, -0.05) is 7.43 Å². The minimum absolute atomic E-state index is 0. The van der Waals surface area contributed by atoms with Gasteiger partial charge in [-0.05, 0) is 19.4 Å². The lowest BCUT2D eigenvalue weighted by Gasteiger charge is -2.02. The first-order valence-electron chi connectivity index (χ1n) is 2.87. The summed E-state index contributed by atoms with van der Waals surface area (Å²) in [6, 6.07) is -0.742. The molecular weight excluding hydrogens is 168 g/mol. The highest BCUT2D eigenvalue weighted by molar-refractivity contribution is 5.85. The molecule has 0 aromatic rings. The Morgan fingerprint density at radius 2 is 2.00 bits per heavy atom. The van der Waals surface area contributed by atoms with Gasteiger partial charge in [0.1, 0.15) is 6.04 Å². The van der Waals surface area contributed by atoms with Crippen LogP contribution in [0.25, 0.3) is 0 Å². The zero-order valence-electron chi connectivity index (χ0n) is 5.62. The third kappa shape index (κ3) is 9.68. The van der Waals surface area contributed by atoms with Crippen molar-refractivity contribution in [1.82, 2.24) is 0 Å². The largest absolute Gasteiger partial charge is 0.480 e. The van der Waals surface area contributed by atoms with Crippen molar-refractivity contribution < 1.29 is 9.90 Å². The maximum Gasteiger partial charge on any atom is 0.320 e. The molecule has 0 spiro atoms. The highest BCUT2D eigenvalue weighted by atomic mass is 35.5. The van der Waals surface area contributed by atoms with Crippen LogP contribution in [-0.4, -0.2) is 23.7 Å². The molecule has 0 rings (SSSR count). The molecule has 1 unspecified atom stereocenters. The van der Waals surface area contributed by atoms with Gasteiger partial charge in [0.25, 0.3) is 0 Å². The molecule has 0 aromatic carbocycles. The molecule has 0 heterocycles. The molecule has 0 aliphatic heterocycles. The fraction of sp³-hybridized carbons (Fsp3) is 0.833. The van der Waals surface area contributed by atoms with E-state index in [0.717, 1.165) is 0 Å². The van der Waals surface area contributed by atoms with Crippen molar-refractivity contribution in [1.29, 1.82) is 0 Å². The van der Waals surface area contributed by atoms with Crippen LogP contribution < -0.4 is 11.5 Å². The molecule has 11 heavy (non-hydrogen) atoms. The molecule has 0 bridgehead atoms. The second kappa shape index (κ2) is 9.68. The minimum atomic E-state index is -0.955. The van der Waals surface area contributed by atoms with Gasteiger partial charge in [0, 0.05) is 0 Å². The van der Waals surface area contributed by atoms with Crippen LogP contribution in [0.3, 0.4) is 0 Å². The Morgan fingerprint density at radius 3 is 2.27 bits per heavy atom. The first-order valence-corrected chi connectivity index (χ1v) is 2.87. The van der Waals surface area contributed by atoms with Crippen molar-refractivity contribution >= 4 is 18.4 Å². The van der Waals surface area contributed by atoms with Gasteiger partial charge in [0.05, 0.1) is 0 Å². The Morgan fingerprint density at radius 1 is 1.55 bits per heavy atom. The van der Waals surface area contributed by atoms with Crippen LogP contribution in [-0.2, 0) is 4.79 Å². The summed E-state index contributed by atoms with van der Waals surface area (Å²) in [6.07, 6.45) is 1.14. The molecule has 0 aliphatic rings. The summed E-state index contributed by atoms with van der Waals surface area (Å²) in [4.78, 5) is 10.0. The molecule has 5 N–H and O–H groups in total. The quantitative estimate of drug-likeness (QED) is 0.582. The number of hydrogen-bond donors (Lipinski definition) is 3. The standard InChI is InChI=1S/C5H12N2O2.CH4.ClH/c6-3-1-2-4(7)5(8)9;;/h4H,1-3,6-7H2,(H,8,9);1H4;1H. The molecular formula is C6H17ClN2O2. The second-order valence-electron chi connectivity index (χ2n) is 1.88. The number of carboxylic acid groups (broad SMARTS) is 1. The highest BCUT2D eigenvalue weighted by Crippen LogP contribution is 1.91. The van der Waals surface area contributed by atoms with Crippen molar-refractivity contribution in [3.05, 3.63) is 0 Å². The predicted molar refractivity (Wildman–Crippen MR) is 47.9 cm³/mol. The summed E-state index contributed by atoms with van der Waals surface area (Å²) in [6.45, 7) is 0.501. The van der Waals surface area contributed by atoms with Gasteiger partial charge in [0.15, 0.2) is 0 Å². The van der Waals surface area contributed by atoms with Crippen molar-refractivity contribution in [3.8, 4) is 0 Å². The molecule has 0 saturated heterocycles. The average Bonchev–Trinajstić information content (AvgIpc) is 1.82. The second-order valence-corrected chi connectivity index (χ2v) is 1.88. The Hall–Kier alpha value is -0.320. The Kier molecular flexibility index (Phi) is 14.9. The van der Waals surface area contributed by atoms with E-state index in [9.17, 15) is 4.79 Å². The maximum atomic E-state index is 10.0. The SMILES string of the molecule is C.Cl.NCCCC(N)C(=O)O. The third-order valence-electron chi connectivity index (χ3n) is 1.04. The van der Waals surface area contributed by atoms with Crippen LogP contribution in [0.1, 0.15) is 20.3 Å². The van der Waals surface area contributed by atoms with Gasteiger partial charge in [-0.25, -0.2) is 0 Å². The molecule has 0 fully saturated rings. The summed E-state index contributed by atoms with van der Waals surface area (Å²) in [5.41, 5.74) is 10.3. The summed E-state index contributed by atoms with van der Waals surface area (Å²) < 4.78 is 0. The van der Waals surface area contributed by atoms with Crippen LogP contribution >= 0.6 is 12.4 Å². The van der Waals surface area contributed by atoms with Crippen molar-refractivity contribution in [2.75, 3.05) is 6.54 Å². The zero-order valence-corrected chi connectivity index (χ0v) is 6.43. The Bertz CT molecular complexity index is 101. The third-order valence-corrected chi connectivity index (χ3v) is 1.04. The molecule has 0 radical (unpaired) electrons. The van der Waals surface area contributed by atoms with Crippen LogP contribution in [0.2, 0.25) is 0 Å². The minimum Gasteiger partial charge on any atom is -0.480 e. The summed E-state index contributed by atoms with van der Waals surface area (Å²) in [7, 11) is 0. The molecule has 0 aliphatic carbocycles. The van der Waals surface area contributed by atoms with E-state index in [2.05, 4.69) is 0 Å². The van der Waals surface area contributed by atoms with Gasteiger partial charge in [-0.3, -0.25) is 4.79 Å². The van der Waals surface area contributed by atoms with Crippen molar-refractivity contribution in [3.63, 3.8) is 0 Å². The fourth-order valence-corrected chi connectivity index (χ4v) is 0.461. The Labute approximate surface area is 73.4 Å². The summed E-state index contributed by atoms with van der Waals surface area (Å²) in [5.74, 6) is -0.955. The fourth-order valence-electron chi connectivity index (χ4n) is 0.461. The van der Waals surface area contributed by atoms with Crippen LogP contribution in [0, 0.1) is 0 Å². The van der Waals surface area contributed by atoms with E-state index in [-0.39, 0.29) is 19.8 Å². The lowest BCUT2D eigenvalue weighted by Crippen LogP contribution is -2.30. The van der Waals surface area contributed by atoms with Crippen LogP contribution in [0.4, 0.5) is 0 Å². The van der Waals surface area contributed by atoms with E-state index in [1.165, 1.54) is 0 Å². The highest BCUT2D eigenvalue weighted by Gasteiger charge is 2.08. The zero-order chi connectivity index (χ0) is 7.28.